The number of aliphatic hydroxyl groups excluding tert-OH is 1. The van der Waals surface area contributed by atoms with Crippen LogP contribution in [0.1, 0.15) is 26.7 Å². The summed E-state index contributed by atoms with van der Waals surface area (Å²) >= 11 is 0. The maximum absolute atomic E-state index is 11.1. The minimum atomic E-state index is -0.363. The molecule has 2 amide bonds. The van der Waals surface area contributed by atoms with E-state index in [2.05, 4.69) is 10.6 Å². The summed E-state index contributed by atoms with van der Waals surface area (Å²) in [5.74, 6) is 0.416. The number of aliphatic hydroxyl groups is 1. The third kappa shape index (κ3) is 4.12. The topological polar surface area (TPSA) is 61.4 Å². The molecule has 1 unspecified atom stereocenters. The van der Waals surface area contributed by atoms with Gasteiger partial charge in [0.15, 0.2) is 0 Å². The smallest absolute Gasteiger partial charge is 0.315 e. The number of carbonyl (C=O) groups excluding carboxylic acids is 1. The van der Waals surface area contributed by atoms with Gasteiger partial charge in [0.1, 0.15) is 0 Å². The average Bonchev–Trinajstić information content (AvgIpc) is 2.80. The lowest BCUT2D eigenvalue weighted by Gasteiger charge is -2.13. The first kappa shape index (κ1) is 10.3. The first-order valence-electron chi connectivity index (χ1n) is 4.82. The van der Waals surface area contributed by atoms with E-state index in [1.165, 1.54) is 0 Å². The van der Waals surface area contributed by atoms with Crippen molar-refractivity contribution in [1.29, 1.82) is 0 Å². The molecule has 0 radical (unpaired) electrons. The zero-order valence-electron chi connectivity index (χ0n) is 8.21. The van der Waals surface area contributed by atoms with Crippen LogP contribution in [0.25, 0.3) is 0 Å². The van der Waals surface area contributed by atoms with Crippen LogP contribution in [0.5, 0.6) is 0 Å². The van der Waals surface area contributed by atoms with E-state index in [1.807, 2.05) is 13.8 Å². The Balaban J connectivity index is 2.06. The first-order chi connectivity index (χ1) is 6.09. The lowest BCUT2D eigenvalue weighted by atomic mass is 10.2. The van der Waals surface area contributed by atoms with E-state index in [4.69, 9.17) is 0 Å². The summed E-state index contributed by atoms with van der Waals surface area (Å²) in [7, 11) is 0. The second-order valence-corrected chi connectivity index (χ2v) is 3.91. The molecule has 76 valence electrons. The molecule has 0 spiro atoms. The zero-order chi connectivity index (χ0) is 9.84. The third-order valence-electron chi connectivity index (χ3n) is 2.06. The third-order valence-corrected chi connectivity index (χ3v) is 2.06. The van der Waals surface area contributed by atoms with Gasteiger partial charge in [0, 0.05) is 12.6 Å². The van der Waals surface area contributed by atoms with Gasteiger partial charge in [-0.2, -0.15) is 0 Å². The van der Waals surface area contributed by atoms with Gasteiger partial charge < -0.3 is 15.7 Å². The van der Waals surface area contributed by atoms with E-state index in [-0.39, 0.29) is 18.2 Å². The van der Waals surface area contributed by atoms with E-state index < -0.39 is 0 Å². The highest BCUT2D eigenvalue weighted by Crippen LogP contribution is 2.32. The van der Waals surface area contributed by atoms with Crippen LogP contribution in [0, 0.1) is 5.92 Å². The molecule has 1 rings (SSSR count). The fraction of sp³-hybridized carbons (Fsp3) is 0.889. The van der Waals surface area contributed by atoms with Gasteiger partial charge in [-0.3, -0.25) is 0 Å². The van der Waals surface area contributed by atoms with Gasteiger partial charge in [0.05, 0.1) is 6.10 Å². The molecule has 4 nitrogen and oxygen atoms in total. The Morgan fingerprint density at radius 1 is 1.54 bits per heavy atom. The Bertz CT molecular complexity index is 178. The van der Waals surface area contributed by atoms with Crippen LogP contribution in [0.2, 0.25) is 0 Å². The highest BCUT2D eigenvalue weighted by molar-refractivity contribution is 5.74. The quantitative estimate of drug-likeness (QED) is 0.597. The number of nitrogens with one attached hydrogen (secondary N) is 2. The number of hydrogen-bond acceptors (Lipinski definition) is 2. The lowest BCUT2D eigenvalue weighted by molar-refractivity contribution is 0.149. The highest BCUT2D eigenvalue weighted by atomic mass is 16.3. The molecule has 0 aromatic rings. The summed E-state index contributed by atoms with van der Waals surface area (Å²) in [6, 6.07) is -0.0623. The molecule has 1 saturated carbocycles. The maximum Gasteiger partial charge on any atom is 0.315 e. The summed E-state index contributed by atoms with van der Waals surface area (Å²) in [5, 5.41) is 14.8. The molecule has 0 bridgehead atoms. The van der Waals surface area contributed by atoms with Gasteiger partial charge in [0.25, 0.3) is 0 Å². The van der Waals surface area contributed by atoms with Gasteiger partial charge in [-0.1, -0.05) is 0 Å². The Morgan fingerprint density at radius 2 is 2.15 bits per heavy atom. The van der Waals surface area contributed by atoms with Gasteiger partial charge in [-0.25, -0.2) is 4.79 Å². The maximum atomic E-state index is 11.1. The Kier molecular flexibility index (Phi) is 3.54. The van der Waals surface area contributed by atoms with Crippen molar-refractivity contribution in [2.24, 2.45) is 5.92 Å². The molecule has 0 saturated heterocycles. The lowest BCUT2D eigenvalue weighted by Crippen LogP contribution is -2.42. The fourth-order valence-corrected chi connectivity index (χ4v) is 1.16. The second-order valence-electron chi connectivity index (χ2n) is 3.91. The monoisotopic (exact) mass is 186 g/mol. The van der Waals surface area contributed by atoms with Crippen molar-refractivity contribution in [1.82, 2.24) is 10.6 Å². The van der Waals surface area contributed by atoms with E-state index in [0.717, 1.165) is 12.8 Å². The summed E-state index contributed by atoms with van der Waals surface area (Å²) in [4.78, 5) is 11.1. The SMILES string of the molecule is CC(C)NC(=O)NCC(O)C1CC1. The summed E-state index contributed by atoms with van der Waals surface area (Å²) in [5.41, 5.74) is 0. The number of carbonyl (C=O) groups is 1. The summed E-state index contributed by atoms with van der Waals surface area (Å²) in [6.07, 6.45) is 1.82. The molecular weight excluding hydrogens is 168 g/mol. The molecule has 1 fully saturated rings. The molecule has 0 heterocycles. The molecule has 0 aromatic heterocycles. The largest absolute Gasteiger partial charge is 0.391 e. The second kappa shape index (κ2) is 4.46. The van der Waals surface area contributed by atoms with Crippen LogP contribution >= 0.6 is 0 Å². The molecule has 1 aliphatic carbocycles. The molecule has 0 aliphatic heterocycles. The van der Waals surface area contributed by atoms with Crippen molar-refractivity contribution < 1.29 is 9.90 Å². The van der Waals surface area contributed by atoms with E-state index in [9.17, 15) is 9.90 Å². The minimum Gasteiger partial charge on any atom is -0.391 e. The molecule has 0 aromatic carbocycles. The van der Waals surface area contributed by atoms with Crippen molar-refractivity contribution in [3.63, 3.8) is 0 Å². The number of rotatable bonds is 4. The van der Waals surface area contributed by atoms with E-state index in [1.54, 1.807) is 0 Å². The van der Waals surface area contributed by atoms with Crippen LogP contribution in [-0.4, -0.2) is 29.8 Å². The van der Waals surface area contributed by atoms with Gasteiger partial charge in [0.2, 0.25) is 0 Å². The van der Waals surface area contributed by atoms with Crippen LogP contribution in [0.15, 0.2) is 0 Å². The van der Waals surface area contributed by atoms with Gasteiger partial charge >= 0.3 is 6.03 Å². The molecular formula is C9H18N2O2. The Hall–Kier alpha value is -0.770. The first-order valence-corrected chi connectivity index (χ1v) is 4.82. The van der Waals surface area contributed by atoms with Gasteiger partial charge in [-0.05, 0) is 32.6 Å². The van der Waals surface area contributed by atoms with Crippen molar-refractivity contribution in [3.8, 4) is 0 Å². The summed E-state index contributed by atoms with van der Waals surface area (Å²) < 4.78 is 0. The highest BCUT2D eigenvalue weighted by Gasteiger charge is 2.29. The Labute approximate surface area is 78.7 Å². The van der Waals surface area contributed by atoms with Crippen molar-refractivity contribution in [3.05, 3.63) is 0 Å². The molecule has 1 aliphatic rings. The predicted molar refractivity (Wildman–Crippen MR) is 50.4 cm³/mol. The van der Waals surface area contributed by atoms with Crippen LogP contribution < -0.4 is 10.6 Å². The molecule has 1 atom stereocenters. The summed E-state index contributed by atoms with van der Waals surface area (Å²) in [6.45, 7) is 4.16. The van der Waals surface area contributed by atoms with E-state index in [0.29, 0.717) is 12.5 Å². The van der Waals surface area contributed by atoms with E-state index >= 15 is 0 Å². The van der Waals surface area contributed by atoms with Crippen LogP contribution in [0.4, 0.5) is 4.79 Å². The standard InChI is InChI=1S/C9H18N2O2/c1-6(2)11-9(13)10-5-8(12)7-3-4-7/h6-8,12H,3-5H2,1-2H3,(H2,10,11,13). The van der Waals surface area contributed by atoms with Crippen LogP contribution in [0.3, 0.4) is 0 Å². The normalized spacial score (nSPS) is 18.5. The van der Waals surface area contributed by atoms with Crippen molar-refractivity contribution in [2.75, 3.05) is 6.54 Å². The Morgan fingerprint density at radius 3 is 2.62 bits per heavy atom. The number of amides is 2. The fourth-order valence-electron chi connectivity index (χ4n) is 1.16. The van der Waals surface area contributed by atoms with Gasteiger partial charge in [-0.15, -0.1) is 0 Å². The zero-order valence-corrected chi connectivity index (χ0v) is 8.21. The number of urea groups is 1. The van der Waals surface area contributed by atoms with Crippen molar-refractivity contribution in [2.45, 2.75) is 38.8 Å². The molecule has 3 N–H and O–H groups in total. The van der Waals surface area contributed by atoms with Crippen LogP contribution in [-0.2, 0) is 0 Å². The minimum absolute atomic E-state index is 0.137. The molecule has 4 heteroatoms. The van der Waals surface area contributed by atoms with Crippen molar-refractivity contribution >= 4 is 6.03 Å². The molecule has 13 heavy (non-hydrogen) atoms. The number of hydrogen-bond donors (Lipinski definition) is 3. The predicted octanol–water partition coefficient (Wildman–Crippen LogP) is 0.465. The average molecular weight is 186 g/mol.